The number of nitrogens with zero attached hydrogens (tertiary/aromatic N) is 3. The molecule has 0 aliphatic heterocycles. The number of carbonyl (C=O) groups excluding carboxylic acids is 1. The fourth-order valence-corrected chi connectivity index (χ4v) is 1.52. The van der Waals surface area contributed by atoms with Crippen LogP contribution in [0.3, 0.4) is 0 Å². The molecule has 1 aromatic rings. The van der Waals surface area contributed by atoms with Crippen LogP contribution >= 0.6 is 0 Å². The number of azide groups is 1. The van der Waals surface area contributed by atoms with E-state index in [1.807, 2.05) is 0 Å². The lowest BCUT2D eigenvalue weighted by atomic mass is 10.1. The molecule has 0 aromatic heterocycles. The van der Waals surface area contributed by atoms with Crippen molar-refractivity contribution in [2.45, 2.75) is 19.0 Å². The smallest absolute Gasteiger partial charge is 0.352 e. The van der Waals surface area contributed by atoms with E-state index >= 15 is 0 Å². The topological polar surface area (TPSA) is 77.9 Å². The van der Waals surface area contributed by atoms with E-state index < -0.39 is 29.0 Å². The SMILES string of the molecule is [N-]=[N+]=NCCCCNC(=O)c1cc(C(F)(F)F)ccc1F. The van der Waals surface area contributed by atoms with Gasteiger partial charge in [0.2, 0.25) is 0 Å². The van der Waals surface area contributed by atoms with Gasteiger partial charge in [0.05, 0.1) is 11.1 Å². The molecule has 0 heterocycles. The molecule has 9 heteroatoms. The second-order valence-corrected chi connectivity index (χ2v) is 4.11. The van der Waals surface area contributed by atoms with Gasteiger partial charge >= 0.3 is 6.18 Å². The zero-order valence-corrected chi connectivity index (χ0v) is 10.8. The first-order valence-electron chi connectivity index (χ1n) is 6.02. The lowest BCUT2D eigenvalue weighted by Gasteiger charge is -2.10. The second kappa shape index (κ2) is 7.49. The Morgan fingerprint density at radius 3 is 2.67 bits per heavy atom. The van der Waals surface area contributed by atoms with Crippen LogP contribution in [0.25, 0.3) is 10.4 Å². The zero-order valence-electron chi connectivity index (χ0n) is 10.8. The minimum Gasteiger partial charge on any atom is -0.352 e. The summed E-state index contributed by atoms with van der Waals surface area (Å²) in [6.45, 7) is 0.403. The number of nitrogens with one attached hydrogen (secondary N) is 1. The Morgan fingerprint density at radius 1 is 1.33 bits per heavy atom. The third-order valence-corrected chi connectivity index (χ3v) is 2.57. The fraction of sp³-hybridized carbons (Fsp3) is 0.417. The van der Waals surface area contributed by atoms with E-state index in [0.29, 0.717) is 31.0 Å². The molecule has 0 spiro atoms. The summed E-state index contributed by atoms with van der Waals surface area (Å²) in [4.78, 5) is 14.2. The number of benzene rings is 1. The summed E-state index contributed by atoms with van der Waals surface area (Å²) >= 11 is 0. The first-order valence-corrected chi connectivity index (χ1v) is 6.02. The summed E-state index contributed by atoms with van der Waals surface area (Å²) < 4.78 is 50.9. The molecule has 1 rings (SSSR count). The van der Waals surface area contributed by atoms with Gasteiger partial charge in [0.1, 0.15) is 5.82 Å². The Hall–Kier alpha value is -2.28. The van der Waals surface area contributed by atoms with E-state index in [9.17, 15) is 22.4 Å². The van der Waals surface area contributed by atoms with E-state index in [0.717, 1.165) is 0 Å². The molecule has 114 valence electrons. The Morgan fingerprint density at radius 2 is 2.05 bits per heavy atom. The molecule has 0 fully saturated rings. The maximum atomic E-state index is 13.4. The molecule has 0 saturated heterocycles. The summed E-state index contributed by atoms with van der Waals surface area (Å²) in [5.41, 5.74) is 6.30. The molecular weight excluding hydrogens is 292 g/mol. The van der Waals surface area contributed by atoms with E-state index in [1.54, 1.807) is 0 Å². The van der Waals surface area contributed by atoms with Crippen LogP contribution in [0.5, 0.6) is 0 Å². The molecule has 0 aliphatic rings. The zero-order chi connectivity index (χ0) is 15.9. The molecular formula is C12H12F4N4O. The van der Waals surface area contributed by atoms with Crippen molar-refractivity contribution in [3.05, 3.63) is 45.6 Å². The van der Waals surface area contributed by atoms with Crippen LogP contribution in [0.1, 0.15) is 28.8 Å². The summed E-state index contributed by atoms with van der Waals surface area (Å²) in [5, 5.41) is 5.60. The lowest BCUT2D eigenvalue weighted by Crippen LogP contribution is -2.26. The Balaban J connectivity index is 2.63. The van der Waals surface area contributed by atoms with Crippen LogP contribution in [0.4, 0.5) is 17.6 Å². The number of rotatable bonds is 6. The molecule has 0 bridgehead atoms. The maximum Gasteiger partial charge on any atom is 0.416 e. The van der Waals surface area contributed by atoms with Gasteiger partial charge in [-0.3, -0.25) is 4.79 Å². The number of unbranched alkanes of at least 4 members (excludes halogenated alkanes) is 1. The van der Waals surface area contributed by atoms with Crippen molar-refractivity contribution in [3.63, 3.8) is 0 Å². The summed E-state index contributed by atoms with van der Waals surface area (Å²) in [6.07, 6.45) is -3.67. The molecule has 1 aromatic carbocycles. The molecule has 5 nitrogen and oxygen atoms in total. The Bertz CT molecular complexity index is 553. The monoisotopic (exact) mass is 304 g/mol. The van der Waals surface area contributed by atoms with Gasteiger partial charge in [-0.1, -0.05) is 5.11 Å². The highest BCUT2D eigenvalue weighted by Gasteiger charge is 2.31. The highest BCUT2D eigenvalue weighted by atomic mass is 19.4. The van der Waals surface area contributed by atoms with E-state index in [4.69, 9.17) is 5.53 Å². The van der Waals surface area contributed by atoms with Crippen molar-refractivity contribution >= 4 is 5.91 Å². The first-order chi connectivity index (χ1) is 9.86. The molecule has 21 heavy (non-hydrogen) atoms. The molecule has 0 atom stereocenters. The Kier molecular flexibility index (Phi) is 5.98. The molecule has 0 radical (unpaired) electrons. The maximum absolute atomic E-state index is 13.4. The van der Waals surface area contributed by atoms with Crippen LogP contribution in [0.15, 0.2) is 23.3 Å². The predicted octanol–water partition coefficient (Wildman–Crippen LogP) is 3.66. The van der Waals surface area contributed by atoms with Gasteiger partial charge in [0.25, 0.3) is 5.91 Å². The van der Waals surface area contributed by atoms with E-state index in [-0.39, 0.29) is 13.1 Å². The molecule has 0 unspecified atom stereocenters. The van der Waals surface area contributed by atoms with E-state index in [2.05, 4.69) is 15.3 Å². The number of alkyl halides is 3. The number of hydrogen-bond acceptors (Lipinski definition) is 2. The van der Waals surface area contributed by atoms with Crippen LogP contribution < -0.4 is 5.32 Å². The molecule has 1 amide bonds. The van der Waals surface area contributed by atoms with Gasteiger partial charge in [-0.25, -0.2) is 4.39 Å². The van der Waals surface area contributed by atoms with Gasteiger partial charge in [-0.15, -0.1) is 0 Å². The van der Waals surface area contributed by atoms with Crippen LogP contribution in [0.2, 0.25) is 0 Å². The minimum absolute atomic E-state index is 0.148. The highest BCUT2D eigenvalue weighted by molar-refractivity contribution is 5.94. The third-order valence-electron chi connectivity index (χ3n) is 2.57. The number of carbonyl (C=O) groups is 1. The third kappa shape index (κ3) is 5.31. The normalized spacial score (nSPS) is 10.9. The largest absolute Gasteiger partial charge is 0.416 e. The van der Waals surface area contributed by atoms with E-state index in [1.165, 1.54) is 0 Å². The van der Waals surface area contributed by atoms with Crippen molar-refractivity contribution < 1.29 is 22.4 Å². The summed E-state index contributed by atoms with van der Waals surface area (Å²) in [7, 11) is 0. The minimum atomic E-state index is -4.64. The number of amides is 1. The molecule has 0 saturated carbocycles. The van der Waals surface area contributed by atoms with Gasteiger partial charge in [-0.05, 0) is 36.6 Å². The van der Waals surface area contributed by atoms with Crippen molar-refractivity contribution in [2.24, 2.45) is 5.11 Å². The average Bonchev–Trinajstić information content (AvgIpc) is 2.41. The first kappa shape index (κ1) is 16.8. The predicted molar refractivity (Wildman–Crippen MR) is 67.0 cm³/mol. The highest BCUT2D eigenvalue weighted by Crippen LogP contribution is 2.30. The molecule has 1 N–H and O–H groups in total. The van der Waals surface area contributed by atoms with Gasteiger partial charge in [0.15, 0.2) is 0 Å². The van der Waals surface area contributed by atoms with Crippen LogP contribution in [0, 0.1) is 5.82 Å². The van der Waals surface area contributed by atoms with Gasteiger partial charge in [-0.2, -0.15) is 13.2 Å². The quantitative estimate of drug-likeness (QED) is 0.281. The second-order valence-electron chi connectivity index (χ2n) is 4.11. The number of halogens is 4. The lowest BCUT2D eigenvalue weighted by molar-refractivity contribution is -0.137. The van der Waals surface area contributed by atoms with Crippen molar-refractivity contribution in [2.75, 3.05) is 13.1 Å². The molecule has 0 aliphatic carbocycles. The fourth-order valence-electron chi connectivity index (χ4n) is 1.52. The van der Waals surface area contributed by atoms with Gasteiger partial charge < -0.3 is 5.32 Å². The van der Waals surface area contributed by atoms with Crippen molar-refractivity contribution in [1.82, 2.24) is 5.32 Å². The summed E-state index contributed by atoms with van der Waals surface area (Å²) in [5.74, 6) is -1.93. The van der Waals surface area contributed by atoms with Crippen LogP contribution in [-0.2, 0) is 6.18 Å². The standard InChI is InChI=1S/C12H12F4N4O/c13-10-4-3-8(12(14,15)16)7-9(10)11(21)18-5-1-2-6-19-20-17/h3-4,7H,1-2,5-6H2,(H,18,21). The average molecular weight is 304 g/mol. The number of hydrogen-bond donors (Lipinski definition) is 1. The summed E-state index contributed by atoms with van der Waals surface area (Å²) in [6, 6.07) is 1.66. The van der Waals surface area contributed by atoms with Gasteiger partial charge in [0, 0.05) is 18.0 Å². The van der Waals surface area contributed by atoms with Crippen molar-refractivity contribution in [3.8, 4) is 0 Å². The van der Waals surface area contributed by atoms with Crippen molar-refractivity contribution in [1.29, 1.82) is 0 Å². The van der Waals surface area contributed by atoms with Crippen LogP contribution in [-0.4, -0.2) is 19.0 Å². The Labute approximate surface area is 117 Å².